The average Bonchev–Trinajstić information content (AvgIpc) is 2.26. The Hall–Kier alpha value is -1.10. The van der Waals surface area contributed by atoms with Crippen molar-refractivity contribution in [3.63, 3.8) is 0 Å². The molecule has 5 nitrogen and oxygen atoms in total. The van der Waals surface area contributed by atoms with Gasteiger partial charge in [0.25, 0.3) is 0 Å². The fourth-order valence-corrected chi connectivity index (χ4v) is 1.69. The van der Waals surface area contributed by atoms with Crippen molar-refractivity contribution >= 4 is 11.8 Å². The zero-order valence-corrected chi connectivity index (χ0v) is 9.38. The van der Waals surface area contributed by atoms with Crippen LogP contribution in [0.1, 0.15) is 19.8 Å². The monoisotopic (exact) mass is 213 g/mol. The molecular weight excluding hydrogens is 194 g/mol. The molecule has 1 fully saturated rings. The summed E-state index contributed by atoms with van der Waals surface area (Å²) in [5.74, 6) is -0.197. The molecule has 0 aromatic carbocycles. The normalized spacial score (nSPS) is 20.8. The second kappa shape index (κ2) is 5.70. The van der Waals surface area contributed by atoms with E-state index in [2.05, 4.69) is 10.6 Å². The van der Waals surface area contributed by atoms with Crippen LogP contribution < -0.4 is 10.6 Å². The summed E-state index contributed by atoms with van der Waals surface area (Å²) in [5, 5.41) is 5.77. The molecule has 1 aliphatic heterocycles. The number of carbonyl (C=O) groups is 2. The van der Waals surface area contributed by atoms with Gasteiger partial charge in [0.1, 0.15) is 0 Å². The predicted molar refractivity (Wildman–Crippen MR) is 57.3 cm³/mol. The third-order valence-corrected chi connectivity index (χ3v) is 2.70. The summed E-state index contributed by atoms with van der Waals surface area (Å²) in [7, 11) is 1.79. The molecule has 1 saturated heterocycles. The lowest BCUT2D eigenvalue weighted by molar-refractivity contribution is -0.133. The van der Waals surface area contributed by atoms with E-state index in [-0.39, 0.29) is 24.4 Å². The molecule has 0 saturated carbocycles. The molecule has 1 aliphatic rings. The highest BCUT2D eigenvalue weighted by atomic mass is 16.2. The number of rotatable bonds is 3. The molecule has 0 aliphatic carbocycles. The molecule has 2 amide bonds. The van der Waals surface area contributed by atoms with Crippen LogP contribution in [0.2, 0.25) is 0 Å². The smallest absolute Gasteiger partial charge is 0.242 e. The van der Waals surface area contributed by atoms with Crippen LogP contribution in [0.3, 0.4) is 0 Å². The first-order chi connectivity index (χ1) is 7.11. The third-order valence-electron chi connectivity index (χ3n) is 2.70. The van der Waals surface area contributed by atoms with E-state index in [1.807, 2.05) is 0 Å². The van der Waals surface area contributed by atoms with Crippen LogP contribution in [-0.4, -0.2) is 49.4 Å². The number of hydrogen-bond donors (Lipinski definition) is 2. The van der Waals surface area contributed by atoms with Crippen LogP contribution in [-0.2, 0) is 9.59 Å². The first kappa shape index (κ1) is 12.0. The van der Waals surface area contributed by atoms with Gasteiger partial charge in [0, 0.05) is 26.6 Å². The van der Waals surface area contributed by atoms with Crippen LogP contribution in [0.5, 0.6) is 0 Å². The molecule has 1 unspecified atom stereocenters. The van der Waals surface area contributed by atoms with Gasteiger partial charge < -0.3 is 15.5 Å². The SMILES string of the molecule is CC(=O)NCC(=O)N(C)C1CCCNC1. The average molecular weight is 213 g/mol. The van der Waals surface area contributed by atoms with Crippen molar-refractivity contribution < 1.29 is 9.59 Å². The summed E-state index contributed by atoms with van der Waals surface area (Å²) in [6.45, 7) is 3.39. The van der Waals surface area contributed by atoms with Gasteiger partial charge in [-0.3, -0.25) is 9.59 Å². The van der Waals surface area contributed by atoms with Gasteiger partial charge in [0.2, 0.25) is 11.8 Å². The van der Waals surface area contributed by atoms with Gasteiger partial charge in [0.15, 0.2) is 0 Å². The highest BCUT2D eigenvalue weighted by molar-refractivity contribution is 5.83. The molecular formula is C10H19N3O2. The number of likely N-dealkylation sites (N-methyl/N-ethyl adjacent to an activating group) is 1. The Kier molecular flexibility index (Phi) is 4.55. The Bertz CT molecular complexity index is 237. The van der Waals surface area contributed by atoms with Gasteiger partial charge >= 0.3 is 0 Å². The van der Waals surface area contributed by atoms with E-state index < -0.39 is 0 Å². The molecule has 1 rings (SSSR count). The first-order valence-electron chi connectivity index (χ1n) is 5.32. The van der Waals surface area contributed by atoms with E-state index >= 15 is 0 Å². The molecule has 1 atom stereocenters. The molecule has 5 heteroatoms. The Morgan fingerprint density at radius 1 is 1.53 bits per heavy atom. The third kappa shape index (κ3) is 3.87. The maximum absolute atomic E-state index is 11.6. The van der Waals surface area contributed by atoms with Crippen molar-refractivity contribution in [1.29, 1.82) is 0 Å². The number of amides is 2. The minimum absolute atomic E-state index is 0.0288. The summed E-state index contributed by atoms with van der Waals surface area (Å²) >= 11 is 0. The molecule has 0 aromatic heterocycles. The van der Waals surface area contributed by atoms with Crippen LogP contribution in [0.15, 0.2) is 0 Å². The van der Waals surface area contributed by atoms with Crippen molar-refractivity contribution in [1.82, 2.24) is 15.5 Å². The predicted octanol–water partition coefficient (Wildman–Crippen LogP) is -0.667. The van der Waals surface area contributed by atoms with Crippen molar-refractivity contribution in [2.24, 2.45) is 0 Å². The number of piperidine rings is 1. The first-order valence-corrected chi connectivity index (χ1v) is 5.32. The number of nitrogens with one attached hydrogen (secondary N) is 2. The summed E-state index contributed by atoms with van der Waals surface area (Å²) in [6.07, 6.45) is 2.14. The Morgan fingerprint density at radius 3 is 2.80 bits per heavy atom. The van der Waals surface area contributed by atoms with Gasteiger partial charge in [-0.05, 0) is 19.4 Å². The molecule has 15 heavy (non-hydrogen) atoms. The number of nitrogens with zero attached hydrogens (tertiary/aromatic N) is 1. The van der Waals surface area contributed by atoms with Gasteiger partial charge in [-0.2, -0.15) is 0 Å². The van der Waals surface area contributed by atoms with E-state index in [4.69, 9.17) is 0 Å². The lowest BCUT2D eigenvalue weighted by Crippen LogP contribution is -2.49. The second-order valence-corrected chi connectivity index (χ2v) is 3.91. The zero-order valence-electron chi connectivity index (χ0n) is 9.38. The molecule has 1 heterocycles. The quantitative estimate of drug-likeness (QED) is 0.654. The number of carbonyl (C=O) groups excluding carboxylic acids is 2. The Morgan fingerprint density at radius 2 is 2.27 bits per heavy atom. The van der Waals surface area contributed by atoms with Crippen LogP contribution in [0.25, 0.3) is 0 Å². The van der Waals surface area contributed by atoms with Gasteiger partial charge in [0.05, 0.1) is 6.54 Å². The summed E-state index contributed by atoms with van der Waals surface area (Å²) < 4.78 is 0. The summed E-state index contributed by atoms with van der Waals surface area (Å²) in [4.78, 5) is 24.0. The molecule has 86 valence electrons. The van der Waals surface area contributed by atoms with Crippen molar-refractivity contribution in [2.75, 3.05) is 26.7 Å². The van der Waals surface area contributed by atoms with E-state index in [1.54, 1.807) is 11.9 Å². The largest absolute Gasteiger partial charge is 0.347 e. The number of hydrogen-bond acceptors (Lipinski definition) is 3. The molecule has 0 radical (unpaired) electrons. The maximum atomic E-state index is 11.6. The minimum Gasteiger partial charge on any atom is -0.347 e. The molecule has 0 spiro atoms. The van der Waals surface area contributed by atoms with Crippen LogP contribution >= 0.6 is 0 Å². The topological polar surface area (TPSA) is 61.4 Å². The van der Waals surface area contributed by atoms with Crippen molar-refractivity contribution in [2.45, 2.75) is 25.8 Å². The second-order valence-electron chi connectivity index (χ2n) is 3.91. The lowest BCUT2D eigenvalue weighted by atomic mass is 10.1. The Labute approximate surface area is 90.2 Å². The maximum Gasteiger partial charge on any atom is 0.242 e. The molecule has 0 bridgehead atoms. The fraction of sp³-hybridized carbons (Fsp3) is 0.800. The highest BCUT2D eigenvalue weighted by Crippen LogP contribution is 2.08. The lowest BCUT2D eigenvalue weighted by Gasteiger charge is -2.31. The van der Waals surface area contributed by atoms with E-state index in [1.165, 1.54) is 6.92 Å². The summed E-state index contributed by atoms with van der Waals surface area (Å²) in [6, 6.07) is 0.264. The van der Waals surface area contributed by atoms with Crippen LogP contribution in [0, 0.1) is 0 Å². The standard InChI is InChI=1S/C10H19N3O2/c1-8(14)12-7-10(15)13(2)9-4-3-5-11-6-9/h9,11H,3-7H2,1-2H3,(H,12,14). The Balaban J connectivity index is 2.33. The summed E-state index contributed by atoms with van der Waals surface area (Å²) in [5.41, 5.74) is 0. The highest BCUT2D eigenvalue weighted by Gasteiger charge is 2.21. The minimum atomic E-state index is -0.168. The van der Waals surface area contributed by atoms with E-state index in [0.29, 0.717) is 0 Å². The van der Waals surface area contributed by atoms with Crippen molar-refractivity contribution in [3.05, 3.63) is 0 Å². The van der Waals surface area contributed by atoms with Crippen LogP contribution in [0.4, 0.5) is 0 Å². The molecule has 2 N–H and O–H groups in total. The van der Waals surface area contributed by atoms with Crippen molar-refractivity contribution in [3.8, 4) is 0 Å². The van der Waals surface area contributed by atoms with Gasteiger partial charge in [-0.1, -0.05) is 0 Å². The van der Waals surface area contributed by atoms with E-state index in [9.17, 15) is 9.59 Å². The van der Waals surface area contributed by atoms with E-state index in [0.717, 1.165) is 25.9 Å². The zero-order chi connectivity index (χ0) is 11.3. The van der Waals surface area contributed by atoms with Gasteiger partial charge in [-0.25, -0.2) is 0 Å². The van der Waals surface area contributed by atoms with Gasteiger partial charge in [-0.15, -0.1) is 0 Å². The fourth-order valence-electron chi connectivity index (χ4n) is 1.69. The molecule has 0 aromatic rings.